The lowest BCUT2D eigenvalue weighted by Gasteiger charge is -2.20. The van der Waals surface area contributed by atoms with Crippen molar-refractivity contribution < 1.29 is 18.3 Å². The Morgan fingerprint density at radius 1 is 1.03 bits per heavy atom. The molecule has 0 bridgehead atoms. The number of carbonyl (C=O) groups excluding carboxylic acids is 1. The predicted molar refractivity (Wildman–Crippen MR) is 112 cm³/mol. The van der Waals surface area contributed by atoms with Crippen LogP contribution in [0.2, 0.25) is 0 Å². The van der Waals surface area contributed by atoms with E-state index in [-0.39, 0.29) is 11.7 Å². The van der Waals surface area contributed by atoms with Gasteiger partial charge in [0.25, 0.3) is 0 Å². The highest BCUT2D eigenvalue weighted by molar-refractivity contribution is 5.78. The molecule has 2 rings (SSSR count). The molecule has 0 aliphatic heterocycles. The summed E-state index contributed by atoms with van der Waals surface area (Å²) in [4.78, 5) is 16.4. The van der Waals surface area contributed by atoms with E-state index in [0.717, 1.165) is 23.4 Å². The fourth-order valence-corrected chi connectivity index (χ4v) is 2.88. The summed E-state index contributed by atoms with van der Waals surface area (Å²) in [6.45, 7) is 1.51. The lowest BCUT2D eigenvalue weighted by atomic mass is 10.1. The summed E-state index contributed by atoms with van der Waals surface area (Å²) in [6, 6.07) is 14.8. The number of hydrogen-bond acceptors (Lipinski definition) is 4. The molecule has 2 aromatic carbocycles. The van der Waals surface area contributed by atoms with Crippen molar-refractivity contribution >= 4 is 11.6 Å². The van der Waals surface area contributed by atoms with E-state index < -0.39 is 6.61 Å². The average molecular weight is 405 g/mol. The van der Waals surface area contributed by atoms with Gasteiger partial charge in [-0.15, -0.1) is 0 Å². The van der Waals surface area contributed by atoms with Crippen molar-refractivity contribution in [2.24, 2.45) is 0 Å². The molecule has 0 aromatic heterocycles. The number of anilines is 1. The van der Waals surface area contributed by atoms with Gasteiger partial charge in [0.1, 0.15) is 5.75 Å². The third kappa shape index (κ3) is 8.07. The van der Waals surface area contributed by atoms with E-state index in [1.807, 2.05) is 25.9 Å². The molecule has 0 fully saturated rings. The maximum absolute atomic E-state index is 12.2. The molecule has 7 heteroatoms. The lowest BCUT2D eigenvalue weighted by molar-refractivity contribution is -0.122. The number of benzene rings is 2. The number of nitrogens with zero attached hydrogens (tertiary/aromatic N) is 2. The summed E-state index contributed by atoms with van der Waals surface area (Å²) in [5.41, 5.74) is 3.25. The summed E-state index contributed by atoms with van der Waals surface area (Å²) in [5.74, 6) is 0.0967. The Labute approximate surface area is 171 Å². The van der Waals surface area contributed by atoms with Crippen LogP contribution < -0.4 is 15.0 Å². The molecule has 5 nitrogen and oxygen atoms in total. The summed E-state index contributed by atoms with van der Waals surface area (Å²) in [7, 11) is 4.01. The smallest absolute Gasteiger partial charge is 0.387 e. The highest BCUT2D eigenvalue weighted by Crippen LogP contribution is 2.15. The minimum absolute atomic E-state index is 0.0329. The summed E-state index contributed by atoms with van der Waals surface area (Å²) >= 11 is 0. The van der Waals surface area contributed by atoms with Crippen molar-refractivity contribution in [3.63, 3.8) is 0 Å². The average Bonchev–Trinajstić information content (AvgIpc) is 2.68. The van der Waals surface area contributed by atoms with Gasteiger partial charge in [-0.3, -0.25) is 9.69 Å². The largest absolute Gasteiger partial charge is 0.435 e. The minimum Gasteiger partial charge on any atom is -0.435 e. The number of likely N-dealkylation sites (N-methyl/N-ethyl adjacent to an activating group) is 1. The van der Waals surface area contributed by atoms with Crippen molar-refractivity contribution in [1.82, 2.24) is 10.2 Å². The second kappa shape index (κ2) is 11.4. The highest BCUT2D eigenvalue weighted by Gasteiger charge is 2.10. The van der Waals surface area contributed by atoms with Crippen molar-refractivity contribution in [3.8, 4) is 5.75 Å². The quantitative estimate of drug-likeness (QED) is 0.621. The maximum Gasteiger partial charge on any atom is 0.387 e. The number of rotatable bonds is 11. The molecule has 158 valence electrons. The van der Waals surface area contributed by atoms with Crippen LogP contribution in [0.4, 0.5) is 14.5 Å². The van der Waals surface area contributed by atoms with Gasteiger partial charge in [-0.1, -0.05) is 31.2 Å². The monoisotopic (exact) mass is 405 g/mol. The first-order valence-electron chi connectivity index (χ1n) is 9.66. The summed E-state index contributed by atoms with van der Waals surface area (Å²) < 4.78 is 28.6. The van der Waals surface area contributed by atoms with Crippen LogP contribution in [-0.4, -0.2) is 51.1 Å². The van der Waals surface area contributed by atoms with Gasteiger partial charge in [-0.2, -0.15) is 8.78 Å². The maximum atomic E-state index is 12.2. The van der Waals surface area contributed by atoms with Crippen molar-refractivity contribution in [1.29, 1.82) is 0 Å². The molecule has 0 aliphatic rings. The Morgan fingerprint density at radius 3 is 2.21 bits per heavy atom. The van der Waals surface area contributed by atoms with Gasteiger partial charge in [-0.25, -0.2) is 0 Å². The van der Waals surface area contributed by atoms with Crippen LogP contribution >= 0.6 is 0 Å². The molecule has 0 heterocycles. The molecular formula is C22H29F2N3O2. The van der Waals surface area contributed by atoms with Gasteiger partial charge in [0.2, 0.25) is 5.91 Å². The number of ether oxygens (including phenoxy) is 1. The molecule has 1 N–H and O–H groups in total. The minimum atomic E-state index is -2.83. The van der Waals surface area contributed by atoms with E-state index in [4.69, 9.17) is 0 Å². The summed E-state index contributed by atoms with van der Waals surface area (Å²) in [5, 5.41) is 2.91. The standard InChI is InChI=1S/C22H29F2N3O2/c1-4-27(15-18-5-9-19(10-6-18)26(2)3)16-21(28)25-14-13-17-7-11-20(12-8-17)29-22(23)24/h5-12,22H,4,13-16H2,1-3H3,(H,25,28). The van der Waals surface area contributed by atoms with Crippen LogP contribution in [0, 0.1) is 0 Å². The fourth-order valence-electron chi connectivity index (χ4n) is 2.88. The number of amides is 1. The molecule has 29 heavy (non-hydrogen) atoms. The predicted octanol–water partition coefficient (Wildman–Crippen LogP) is 3.53. The number of hydrogen-bond donors (Lipinski definition) is 1. The van der Waals surface area contributed by atoms with Crippen molar-refractivity contribution in [2.75, 3.05) is 38.6 Å². The number of carbonyl (C=O) groups is 1. The molecule has 0 saturated heterocycles. The van der Waals surface area contributed by atoms with Crippen molar-refractivity contribution in [2.45, 2.75) is 26.5 Å². The van der Waals surface area contributed by atoms with Crippen LogP contribution in [0.3, 0.4) is 0 Å². The number of halogens is 2. The molecule has 0 spiro atoms. The molecule has 1 amide bonds. The zero-order chi connectivity index (χ0) is 21.2. The van der Waals surface area contributed by atoms with Gasteiger partial charge in [-0.05, 0) is 48.4 Å². The van der Waals surface area contributed by atoms with E-state index >= 15 is 0 Å². The zero-order valence-corrected chi connectivity index (χ0v) is 17.2. The zero-order valence-electron chi connectivity index (χ0n) is 17.2. The SMILES string of the molecule is CCN(CC(=O)NCCc1ccc(OC(F)F)cc1)Cc1ccc(N(C)C)cc1. The number of alkyl halides is 2. The number of nitrogens with one attached hydrogen (secondary N) is 1. The first kappa shape index (κ1) is 22.6. The van der Waals surface area contributed by atoms with Gasteiger partial charge in [0, 0.05) is 32.9 Å². The van der Waals surface area contributed by atoms with Crippen LogP contribution in [0.15, 0.2) is 48.5 Å². The lowest BCUT2D eigenvalue weighted by Crippen LogP contribution is -2.37. The molecule has 0 radical (unpaired) electrons. The second-order valence-electron chi connectivity index (χ2n) is 6.99. The van der Waals surface area contributed by atoms with Gasteiger partial charge in [0.15, 0.2) is 0 Å². The molecular weight excluding hydrogens is 376 g/mol. The van der Waals surface area contributed by atoms with Crippen LogP contribution in [0.5, 0.6) is 5.75 Å². The van der Waals surface area contributed by atoms with Crippen LogP contribution in [0.25, 0.3) is 0 Å². The van der Waals surface area contributed by atoms with Gasteiger partial charge >= 0.3 is 6.61 Å². The highest BCUT2D eigenvalue weighted by atomic mass is 19.3. The molecule has 0 saturated carbocycles. The van der Waals surface area contributed by atoms with E-state index in [1.54, 1.807) is 12.1 Å². The first-order chi connectivity index (χ1) is 13.9. The Morgan fingerprint density at radius 2 is 1.66 bits per heavy atom. The molecule has 0 aliphatic carbocycles. The third-order valence-corrected chi connectivity index (χ3v) is 4.56. The Bertz CT molecular complexity index is 750. The van der Waals surface area contributed by atoms with Crippen LogP contribution in [0.1, 0.15) is 18.1 Å². The molecule has 2 aromatic rings. The van der Waals surface area contributed by atoms with E-state index in [2.05, 4.69) is 39.2 Å². The topological polar surface area (TPSA) is 44.8 Å². The van der Waals surface area contributed by atoms with E-state index in [1.165, 1.54) is 12.1 Å². The Hall–Kier alpha value is -2.67. The second-order valence-corrected chi connectivity index (χ2v) is 6.99. The first-order valence-corrected chi connectivity index (χ1v) is 9.66. The fraction of sp³-hybridized carbons (Fsp3) is 0.409. The van der Waals surface area contributed by atoms with E-state index in [9.17, 15) is 13.6 Å². The third-order valence-electron chi connectivity index (χ3n) is 4.56. The van der Waals surface area contributed by atoms with Crippen molar-refractivity contribution in [3.05, 3.63) is 59.7 Å². The Kier molecular flexibility index (Phi) is 8.86. The van der Waals surface area contributed by atoms with Gasteiger partial charge < -0.3 is 15.0 Å². The normalized spacial score (nSPS) is 11.0. The molecule has 0 unspecified atom stereocenters. The van der Waals surface area contributed by atoms with E-state index in [0.29, 0.717) is 26.1 Å². The van der Waals surface area contributed by atoms with Gasteiger partial charge in [0.05, 0.1) is 6.54 Å². The van der Waals surface area contributed by atoms with Crippen LogP contribution in [-0.2, 0) is 17.8 Å². The Balaban J connectivity index is 1.75. The molecule has 0 atom stereocenters. The summed E-state index contributed by atoms with van der Waals surface area (Å²) in [6.07, 6.45) is 0.624.